The van der Waals surface area contributed by atoms with Crippen LogP contribution >= 0.6 is 23.8 Å². The number of hydrogen-bond acceptors (Lipinski definition) is 3. The fourth-order valence-electron chi connectivity index (χ4n) is 2.09. The smallest absolute Gasteiger partial charge is 0.204 e. The molecular formula is C16H12ClNO2S. The Labute approximate surface area is 132 Å². The molecule has 0 aliphatic carbocycles. The van der Waals surface area contributed by atoms with E-state index in [9.17, 15) is 0 Å². The van der Waals surface area contributed by atoms with E-state index in [1.807, 2.05) is 48.5 Å². The molecule has 5 heteroatoms. The van der Waals surface area contributed by atoms with Crippen LogP contribution in [-0.4, -0.2) is 4.99 Å². The first kappa shape index (κ1) is 13.9. The summed E-state index contributed by atoms with van der Waals surface area (Å²) >= 11 is 11.2. The first-order valence-electron chi connectivity index (χ1n) is 6.34. The van der Waals surface area contributed by atoms with E-state index in [2.05, 4.69) is 0 Å². The molecule has 0 bridgehead atoms. The fourth-order valence-corrected chi connectivity index (χ4v) is 2.42. The Morgan fingerprint density at radius 1 is 1.14 bits per heavy atom. The maximum Gasteiger partial charge on any atom is 0.204 e. The van der Waals surface area contributed by atoms with E-state index in [1.54, 1.807) is 0 Å². The summed E-state index contributed by atoms with van der Waals surface area (Å²) in [5.74, 6) is 0.941. The SMILES string of the molecule is NC(=S)c1oc2ccccc2c1OCc1ccccc1Cl. The Balaban J connectivity index is 1.98. The second kappa shape index (κ2) is 5.76. The van der Waals surface area contributed by atoms with Gasteiger partial charge in [0.15, 0.2) is 5.75 Å². The predicted octanol–water partition coefficient (Wildman–Crippen LogP) is 4.30. The number of thiocarbonyl (C=S) groups is 1. The van der Waals surface area contributed by atoms with Crippen molar-refractivity contribution in [2.45, 2.75) is 6.61 Å². The summed E-state index contributed by atoms with van der Waals surface area (Å²) in [5.41, 5.74) is 7.29. The lowest BCUT2D eigenvalue weighted by Gasteiger charge is -2.07. The van der Waals surface area contributed by atoms with Crippen LogP contribution < -0.4 is 10.5 Å². The van der Waals surface area contributed by atoms with Gasteiger partial charge in [-0.05, 0) is 18.2 Å². The summed E-state index contributed by atoms with van der Waals surface area (Å²) < 4.78 is 11.5. The van der Waals surface area contributed by atoms with Crippen LogP contribution in [0.5, 0.6) is 5.75 Å². The van der Waals surface area contributed by atoms with Gasteiger partial charge in [-0.3, -0.25) is 0 Å². The molecule has 0 saturated carbocycles. The molecule has 21 heavy (non-hydrogen) atoms. The molecule has 0 unspecified atom stereocenters. The molecule has 3 nitrogen and oxygen atoms in total. The van der Waals surface area contributed by atoms with E-state index in [0.29, 0.717) is 28.7 Å². The highest BCUT2D eigenvalue weighted by atomic mass is 35.5. The zero-order valence-electron chi connectivity index (χ0n) is 11.0. The molecule has 0 aliphatic rings. The lowest BCUT2D eigenvalue weighted by molar-refractivity contribution is 0.304. The second-order valence-corrected chi connectivity index (χ2v) is 5.35. The van der Waals surface area contributed by atoms with Gasteiger partial charge in [-0.2, -0.15) is 0 Å². The van der Waals surface area contributed by atoms with Gasteiger partial charge < -0.3 is 14.9 Å². The zero-order valence-corrected chi connectivity index (χ0v) is 12.6. The van der Waals surface area contributed by atoms with Crippen LogP contribution in [0.3, 0.4) is 0 Å². The number of para-hydroxylation sites is 1. The van der Waals surface area contributed by atoms with Crippen molar-refractivity contribution >= 4 is 39.8 Å². The third kappa shape index (κ3) is 2.73. The highest BCUT2D eigenvalue weighted by Crippen LogP contribution is 2.34. The van der Waals surface area contributed by atoms with E-state index in [0.717, 1.165) is 10.9 Å². The minimum absolute atomic E-state index is 0.167. The molecule has 0 saturated heterocycles. The van der Waals surface area contributed by atoms with Crippen molar-refractivity contribution in [1.29, 1.82) is 0 Å². The van der Waals surface area contributed by atoms with Crippen LogP contribution in [0.4, 0.5) is 0 Å². The number of nitrogens with two attached hydrogens (primary N) is 1. The molecule has 1 aromatic heterocycles. The molecule has 0 amide bonds. The van der Waals surface area contributed by atoms with Crippen molar-refractivity contribution < 1.29 is 9.15 Å². The molecule has 0 radical (unpaired) electrons. The van der Waals surface area contributed by atoms with Crippen LogP contribution in [0.25, 0.3) is 11.0 Å². The van der Waals surface area contributed by atoms with Gasteiger partial charge in [-0.1, -0.05) is 54.2 Å². The van der Waals surface area contributed by atoms with E-state index in [1.165, 1.54) is 0 Å². The fraction of sp³-hybridized carbons (Fsp3) is 0.0625. The van der Waals surface area contributed by atoms with Crippen LogP contribution in [0.1, 0.15) is 11.3 Å². The Bertz CT molecular complexity index is 813. The van der Waals surface area contributed by atoms with Gasteiger partial charge in [-0.25, -0.2) is 0 Å². The molecule has 0 aliphatic heterocycles. The lowest BCUT2D eigenvalue weighted by Crippen LogP contribution is -2.10. The van der Waals surface area contributed by atoms with Gasteiger partial charge in [0.05, 0.1) is 5.39 Å². The molecule has 1 heterocycles. The molecule has 0 atom stereocenters. The van der Waals surface area contributed by atoms with Crippen LogP contribution in [0.15, 0.2) is 52.9 Å². The molecule has 2 N–H and O–H groups in total. The predicted molar refractivity (Wildman–Crippen MR) is 87.9 cm³/mol. The third-order valence-corrected chi connectivity index (χ3v) is 3.66. The summed E-state index contributed by atoms with van der Waals surface area (Å²) in [6.45, 7) is 0.318. The minimum atomic E-state index is 0.167. The van der Waals surface area contributed by atoms with Gasteiger partial charge in [-0.15, -0.1) is 0 Å². The van der Waals surface area contributed by atoms with Gasteiger partial charge in [0, 0.05) is 10.6 Å². The minimum Gasteiger partial charge on any atom is -0.484 e. The van der Waals surface area contributed by atoms with E-state index < -0.39 is 0 Å². The maximum absolute atomic E-state index is 6.13. The summed E-state index contributed by atoms with van der Waals surface area (Å²) in [6.07, 6.45) is 0. The van der Waals surface area contributed by atoms with Crippen molar-refractivity contribution in [3.63, 3.8) is 0 Å². The number of ether oxygens (including phenoxy) is 1. The van der Waals surface area contributed by atoms with Gasteiger partial charge >= 0.3 is 0 Å². The molecule has 106 valence electrons. The first-order valence-corrected chi connectivity index (χ1v) is 7.13. The monoisotopic (exact) mass is 317 g/mol. The average molecular weight is 318 g/mol. The highest BCUT2D eigenvalue weighted by molar-refractivity contribution is 7.80. The van der Waals surface area contributed by atoms with Crippen LogP contribution in [-0.2, 0) is 6.61 Å². The summed E-state index contributed by atoms with van der Waals surface area (Å²) in [4.78, 5) is 0.167. The number of fused-ring (bicyclic) bond motifs is 1. The largest absolute Gasteiger partial charge is 0.484 e. The maximum atomic E-state index is 6.13. The molecule has 0 fully saturated rings. The molecule has 0 spiro atoms. The Hall–Kier alpha value is -2.04. The summed E-state index contributed by atoms with van der Waals surface area (Å²) in [6, 6.07) is 15.1. The number of halogens is 1. The van der Waals surface area contributed by atoms with Crippen molar-refractivity contribution in [3.05, 3.63) is 64.9 Å². The third-order valence-electron chi connectivity index (χ3n) is 3.10. The average Bonchev–Trinajstić information content (AvgIpc) is 2.85. The van der Waals surface area contributed by atoms with Gasteiger partial charge in [0.25, 0.3) is 0 Å². The Morgan fingerprint density at radius 3 is 2.62 bits per heavy atom. The first-order chi connectivity index (χ1) is 10.2. The quantitative estimate of drug-likeness (QED) is 0.729. The van der Waals surface area contributed by atoms with Crippen LogP contribution in [0.2, 0.25) is 5.02 Å². The number of furan rings is 1. The second-order valence-electron chi connectivity index (χ2n) is 4.50. The Kier molecular flexibility index (Phi) is 3.82. The van der Waals surface area contributed by atoms with E-state index in [-0.39, 0.29) is 4.99 Å². The van der Waals surface area contributed by atoms with Gasteiger partial charge in [0.2, 0.25) is 5.76 Å². The number of rotatable bonds is 4. The van der Waals surface area contributed by atoms with Gasteiger partial charge in [0.1, 0.15) is 17.2 Å². The van der Waals surface area contributed by atoms with Crippen molar-refractivity contribution in [2.75, 3.05) is 0 Å². The van der Waals surface area contributed by atoms with Crippen molar-refractivity contribution in [1.82, 2.24) is 0 Å². The van der Waals surface area contributed by atoms with E-state index in [4.69, 9.17) is 38.7 Å². The molecular weight excluding hydrogens is 306 g/mol. The van der Waals surface area contributed by atoms with Crippen molar-refractivity contribution in [3.8, 4) is 5.75 Å². The molecule has 3 aromatic rings. The standard InChI is InChI=1S/C16H12ClNO2S/c17-12-7-3-1-5-10(12)9-19-14-11-6-2-4-8-13(11)20-15(14)16(18)21/h1-8H,9H2,(H2,18,21). The summed E-state index contributed by atoms with van der Waals surface area (Å²) in [7, 11) is 0. The van der Waals surface area contributed by atoms with Crippen molar-refractivity contribution in [2.24, 2.45) is 5.73 Å². The van der Waals surface area contributed by atoms with E-state index >= 15 is 0 Å². The highest BCUT2D eigenvalue weighted by Gasteiger charge is 2.17. The van der Waals surface area contributed by atoms with Crippen LogP contribution in [0, 0.1) is 0 Å². The normalized spacial score (nSPS) is 10.7. The molecule has 2 aromatic carbocycles. The summed E-state index contributed by atoms with van der Waals surface area (Å²) in [5, 5.41) is 1.49. The lowest BCUT2D eigenvalue weighted by atomic mass is 10.2. The number of benzene rings is 2. The zero-order chi connectivity index (χ0) is 14.8. The topological polar surface area (TPSA) is 48.4 Å². The number of hydrogen-bond donors (Lipinski definition) is 1. The molecule has 3 rings (SSSR count). The Morgan fingerprint density at radius 2 is 1.86 bits per heavy atom.